The fraction of sp³-hybridized carbons (Fsp3) is 0.364. The summed E-state index contributed by atoms with van der Waals surface area (Å²) in [4.78, 5) is 10.3. The summed E-state index contributed by atoms with van der Waals surface area (Å²) < 4.78 is 4.99. The van der Waals surface area contributed by atoms with E-state index in [1.54, 1.807) is 38.3 Å². The molecule has 0 fully saturated rings. The molecule has 0 saturated heterocycles. The number of hydrogen-bond donors (Lipinski definition) is 1. The van der Waals surface area contributed by atoms with Crippen molar-refractivity contribution in [2.24, 2.45) is 0 Å². The van der Waals surface area contributed by atoms with Crippen LogP contribution in [0.3, 0.4) is 0 Å². The van der Waals surface area contributed by atoms with Crippen LogP contribution in [0.5, 0.6) is 5.75 Å². The second-order valence-corrected chi connectivity index (χ2v) is 3.37. The second-order valence-electron chi connectivity index (χ2n) is 3.37. The highest BCUT2D eigenvalue weighted by atomic mass is 16.5. The van der Waals surface area contributed by atoms with Gasteiger partial charge in [0.25, 0.3) is 0 Å². The molecular formula is C11H14O3. The SMILES string of the molecule is COc1ccc([C@@](C)(O)CC=O)cc1. The van der Waals surface area contributed by atoms with Gasteiger partial charge in [-0.15, -0.1) is 0 Å². The van der Waals surface area contributed by atoms with Gasteiger partial charge in [-0.05, 0) is 24.6 Å². The molecule has 14 heavy (non-hydrogen) atoms. The summed E-state index contributed by atoms with van der Waals surface area (Å²) in [6, 6.07) is 7.02. The zero-order valence-electron chi connectivity index (χ0n) is 8.36. The molecule has 0 aliphatic carbocycles. The summed E-state index contributed by atoms with van der Waals surface area (Å²) in [6.07, 6.45) is 0.809. The lowest BCUT2D eigenvalue weighted by Gasteiger charge is -2.21. The standard InChI is InChI=1S/C11H14O3/c1-11(13,7-8-12)9-3-5-10(14-2)6-4-9/h3-6,8,13H,7H2,1-2H3/t11-/m0/s1. The summed E-state index contributed by atoms with van der Waals surface area (Å²) in [5.41, 5.74) is -0.376. The highest BCUT2D eigenvalue weighted by Gasteiger charge is 2.21. The van der Waals surface area contributed by atoms with Gasteiger partial charge >= 0.3 is 0 Å². The maximum atomic E-state index is 10.3. The van der Waals surface area contributed by atoms with E-state index in [0.29, 0.717) is 11.8 Å². The quantitative estimate of drug-likeness (QED) is 0.739. The van der Waals surface area contributed by atoms with Crippen LogP contribution in [0.1, 0.15) is 18.9 Å². The number of aldehydes is 1. The van der Waals surface area contributed by atoms with Crippen molar-refractivity contribution < 1.29 is 14.6 Å². The van der Waals surface area contributed by atoms with Crippen molar-refractivity contribution in [1.82, 2.24) is 0 Å². The normalized spacial score (nSPS) is 14.5. The van der Waals surface area contributed by atoms with E-state index in [-0.39, 0.29) is 6.42 Å². The lowest BCUT2D eigenvalue weighted by atomic mass is 9.93. The van der Waals surface area contributed by atoms with Crippen LogP contribution in [-0.2, 0) is 10.4 Å². The van der Waals surface area contributed by atoms with Crippen LogP contribution in [0.15, 0.2) is 24.3 Å². The van der Waals surface area contributed by atoms with E-state index in [9.17, 15) is 9.90 Å². The summed E-state index contributed by atoms with van der Waals surface area (Å²) >= 11 is 0. The summed E-state index contributed by atoms with van der Waals surface area (Å²) in [7, 11) is 1.58. The van der Waals surface area contributed by atoms with Gasteiger partial charge in [0.1, 0.15) is 12.0 Å². The molecule has 1 aromatic rings. The molecule has 1 aromatic carbocycles. The van der Waals surface area contributed by atoms with Crippen molar-refractivity contribution in [2.45, 2.75) is 18.9 Å². The summed E-state index contributed by atoms with van der Waals surface area (Å²) in [6.45, 7) is 1.61. The lowest BCUT2D eigenvalue weighted by molar-refractivity contribution is -0.112. The average Bonchev–Trinajstić information content (AvgIpc) is 2.18. The van der Waals surface area contributed by atoms with Crippen molar-refractivity contribution >= 4 is 6.29 Å². The predicted molar refractivity (Wildman–Crippen MR) is 53.2 cm³/mol. The first-order chi connectivity index (χ1) is 6.60. The first-order valence-electron chi connectivity index (χ1n) is 4.40. The highest BCUT2D eigenvalue weighted by molar-refractivity contribution is 5.52. The Labute approximate surface area is 83.3 Å². The van der Waals surface area contributed by atoms with E-state index < -0.39 is 5.60 Å². The molecule has 0 unspecified atom stereocenters. The van der Waals surface area contributed by atoms with Crippen molar-refractivity contribution in [2.75, 3.05) is 7.11 Å². The number of ether oxygens (including phenoxy) is 1. The summed E-state index contributed by atoms with van der Waals surface area (Å²) in [5, 5.41) is 9.88. The Bertz CT molecular complexity index is 301. The molecule has 0 radical (unpaired) electrons. The third-order valence-electron chi connectivity index (χ3n) is 2.19. The smallest absolute Gasteiger partial charge is 0.123 e. The van der Waals surface area contributed by atoms with Gasteiger partial charge in [-0.2, -0.15) is 0 Å². The summed E-state index contributed by atoms with van der Waals surface area (Å²) in [5.74, 6) is 0.732. The number of hydrogen-bond acceptors (Lipinski definition) is 3. The van der Waals surface area contributed by atoms with Crippen LogP contribution in [0, 0.1) is 0 Å². The number of carbonyl (C=O) groups excluding carboxylic acids is 1. The molecule has 0 aromatic heterocycles. The highest BCUT2D eigenvalue weighted by Crippen LogP contribution is 2.25. The number of rotatable bonds is 4. The molecule has 0 amide bonds. The Hall–Kier alpha value is -1.35. The molecule has 0 bridgehead atoms. The van der Waals surface area contributed by atoms with Gasteiger partial charge in [-0.25, -0.2) is 0 Å². The van der Waals surface area contributed by atoms with E-state index in [2.05, 4.69) is 0 Å². The molecule has 3 nitrogen and oxygen atoms in total. The molecule has 1 N–H and O–H groups in total. The molecule has 0 heterocycles. The Morgan fingerprint density at radius 1 is 1.43 bits per heavy atom. The van der Waals surface area contributed by atoms with Crippen LogP contribution < -0.4 is 4.74 Å². The van der Waals surface area contributed by atoms with Gasteiger partial charge < -0.3 is 14.6 Å². The maximum absolute atomic E-state index is 10.3. The third-order valence-corrected chi connectivity index (χ3v) is 2.19. The van der Waals surface area contributed by atoms with Crippen molar-refractivity contribution in [3.8, 4) is 5.75 Å². The van der Waals surface area contributed by atoms with Gasteiger partial charge in [0, 0.05) is 6.42 Å². The fourth-order valence-corrected chi connectivity index (χ4v) is 1.23. The zero-order valence-corrected chi connectivity index (χ0v) is 8.36. The van der Waals surface area contributed by atoms with Crippen LogP contribution >= 0.6 is 0 Å². The van der Waals surface area contributed by atoms with Crippen molar-refractivity contribution in [3.05, 3.63) is 29.8 Å². The zero-order chi connectivity index (χ0) is 10.6. The average molecular weight is 194 g/mol. The van der Waals surface area contributed by atoms with E-state index in [1.165, 1.54) is 0 Å². The fourth-order valence-electron chi connectivity index (χ4n) is 1.23. The Kier molecular flexibility index (Phi) is 3.25. The third kappa shape index (κ3) is 2.33. The van der Waals surface area contributed by atoms with Gasteiger partial charge in [-0.3, -0.25) is 0 Å². The van der Waals surface area contributed by atoms with Gasteiger partial charge in [0.05, 0.1) is 12.7 Å². The molecular weight excluding hydrogens is 180 g/mol. The molecule has 1 atom stereocenters. The molecule has 0 aliphatic rings. The minimum absolute atomic E-state index is 0.0966. The van der Waals surface area contributed by atoms with Crippen molar-refractivity contribution in [1.29, 1.82) is 0 Å². The minimum atomic E-state index is -1.09. The second kappa shape index (κ2) is 4.24. The van der Waals surface area contributed by atoms with Crippen LogP contribution in [0.2, 0.25) is 0 Å². The van der Waals surface area contributed by atoms with E-state index >= 15 is 0 Å². The maximum Gasteiger partial charge on any atom is 0.123 e. The van der Waals surface area contributed by atoms with Gasteiger partial charge in [0.2, 0.25) is 0 Å². The van der Waals surface area contributed by atoms with E-state index in [0.717, 1.165) is 5.75 Å². The van der Waals surface area contributed by atoms with E-state index in [4.69, 9.17) is 4.74 Å². The molecule has 0 aliphatic heterocycles. The predicted octanol–water partition coefficient (Wildman–Crippen LogP) is 1.49. The lowest BCUT2D eigenvalue weighted by Crippen LogP contribution is -2.21. The monoisotopic (exact) mass is 194 g/mol. The number of carbonyl (C=O) groups is 1. The van der Waals surface area contributed by atoms with Gasteiger partial charge in [-0.1, -0.05) is 12.1 Å². The Morgan fingerprint density at radius 3 is 2.43 bits per heavy atom. The Balaban J connectivity index is 2.90. The molecule has 1 rings (SSSR count). The number of aliphatic hydroxyl groups is 1. The molecule has 0 saturated carbocycles. The number of methoxy groups -OCH3 is 1. The van der Waals surface area contributed by atoms with Gasteiger partial charge in [0.15, 0.2) is 0 Å². The van der Waals surface area contributed by atoms with E-state index in [1.807, 2.05) is 0 Å². The number of benzene rings is 1. The Morgan fingerprint density at radius 2 is 2.00 bits per heavy atom. The molecule has 76 valence electrons. The largest absolute Gasteiger partial charge is 0.497 e. The topological polar surface area (TPSA) is 46.5 Å². The molecule has 0 spiro atoms. The van der Waals surface area contributed by atoms with Crippen LogP contribution in [0.4, 0.5) is 0 Å². The first-order valence-corrected chi connectivity index (χ1v) is 4.40. The minimum Gasteiger partial charge on any atom is -0.497 e. The van der Waals surface area contributed by atoms with Crippen molar-refractivity contribution in [3.63, 3.8) is 0 Å². The molecule has 3 heteroatoms. The van der Waals surface area contributed by atoms with Crippen LogP contribution in [-0.4, -0.2) is 18.5 Å². The van der Waals surface area contributed by atoms with Crippen LogP contribution in [0.25, 0.3) is 0 Å². The first kappa shape index (κ1) is 10.7.